The molecule has 0 aromatic carbocycles. The monoisotopic (exact) mass is 160 g/mol. The lowest BCUT2D eigenvalue weighted by Crippen LogP contribution is -2.38. The van der Waals surface area contributed by atoms with E-state index in [1.165, 1.54) is 0 Å². The van der Waals surface area contributed by atoms with Crippen LogP contribution in [-0.4, -0.2) is 26.4 Å². The highest BCUT2D eigenvalue weighted by molar-refractivity contribution is 4.79. The van der Waals surface area contributed by atoms with Crippen molar-refractivity contribution in [2.24, 2.45) is 5.41 Å². The van der Waals surface area contributed by atoms with E-state index in [2.05, 4.69) is 20.8 Å². The van der Waals surface area contributed by atoms with Crippen LogP contribution in [0.1, 0.15) is 27.7 Å². The average molecular weight is 160 g/mol. The summed E-state index contributed by atoms with van der Waals surface area (Å²) in [7, 11) is 3.44. The zero-order chi connectivity index (χ0) is 9.07. The Bertz CT molecular complexity index is 105. The number of hydrogen-bond donors (Lipinski definition) is 0. The lowest BCUT2D eigenvalue weighted by Gasteiger charge is -2.33. The first-order valence-corrected chi connectivity index (χ1v) is 3.99. The minimum absolute atomic E-state index is 0.143. The molecule has 0 aromatic rings. The second-order valence-corrected chi connectivity index (χ2v) is 3.96. The lowest BCUT2D eigenvalue weighted by atomic mass is 9.86. The van der Waals surface area contributed by atoms with Crippen molar-refractivity contribution in [3.05, 3.63) is 0 Å². The normalized spacial score (nSPS) is 18.0. The van der Waals surface area contributed by atoms with E-state index in [9.17, 15) is 0 Å². The van der Waals surface area contributed by atoms with Crippen molar-refractivity contribution in [2.45, 2.75) is 39.9 Å². The molecular formula is C9H20O2. The first kappa shape index (κ1) is 10.9. The highest BCUT2D eigenvalue weighted by Crippen LogP contribution is 2.25. The van der Waals surface area contributed by atoms with Crippen LogP contribution in [0.4, 0.5) is 0 Å². The Morgan fingerprint density at radius 2 is 1.45 bits per heavy atom. The topological polar surface area (TPSA) is 18.5 Å². The highest BCUT2D eigenvalue weighted by atomic mass is 16.5. The summed E-state index contributed by atoms with van der Waals surface area (Å²) in [5, 5.41) is 0. The zero-order valence-electron chi connectivity index (χ0n) is 8.47. The van der Waals surface area contributed by atoms with Crippen LogP contribution in [0, 0.1) is 5.41 Å². The third kappa shape index (κ3) is 3.21. The van der Waals surface area contributed by atoms with Crippen LogP contribution in [0.5, 0.6) is 0 Å². The molecule has 0 rings (SSSR count). The molecule has 2 heteroatoms. The number of ether oxygens (including phenoxy) is 2. The van der Waals surface area contributed by atoms with Gasteiger partial charge in [0.05, 0.1) is 12.2 Å². The van der Waals surface area contributed by atoms with Crippen LogP contribution in [0.2, 0.25) is 0 Å². The zero-order valence-corrected chi connectivity index (χ0v) is 8.47. The summed E-state index contributed by atoms with van der Waals surface area (Å²) >= 11 is 0. The summed E-state index contributed by atoms with van der Waals surface area (Å²) in [4.78, 5) is 0. The summed E-state index contributed by atoms with van der Waals surface area (Å²) in [6.45, 7) is 8.48. The molecule has 0 spiro atoms. The van der Waals surface area contributed by atoms with Gasteiger partial charge in [-0.3, -0.25) is 0 Å². The predicted molar refractivity (Wildman–Crippen MR) is 46.7 cm³/mol. The molecule has 11 heavy (non-hydrogen) atoms. The molecule has 0 saturated heterocycles. The van der Waals surface area contributed by atoms with Crippen LogP contribution in [0.3, 0.4) is 0 Å². The van der Waals surface area contributed by atoms with Gasteiger partial charge in [-0.15, -0.1) is 0 Å². The summed E-state index contributed by atoms with van der Waals surface area (Å²) in [5.74, 6) is 0. The summed E-state index contributed by atoms with van der Waals surface area (Å²) in [6.07, 6.45) is 0.312. The van der Waals surface area contributed by atoms with Gasteiger partial charge in [0.15, 0.2) is 0 Å². The molecule has 0 aliphatic carbocycles. The molecule has 0 saturated carbocycles. The van der Waals surface area contributed by atoms with E-state index in [0.29, 0.717) is 0 Å². The predicted octanol–water partition coefficient (Wildman–Crippen LogP) is 2.08. The largest absolute Gasteiger partial charge is 0.379 e. The van der Waals surface area contributed by atoms with Crippen molar-refractivity contribution in [3.8, 4) is 0 Å². The van der Waals surface area contributed by atoms with E-state index in [1.807, 2.05) is 6.92 Å². The molecular weight excluding hydrogens is 140 g/mol. The third-order valence-corrected chi connectivity index (χ3v) is 1.91. The fourth-order valence-electron chi connectivity index (χ4n) is 1.37. The first-order chi connectivity index (χ1) is 4.93. The molecule has 0 aliphatic heterocycles. The second-order valence-electron chi connectivity index (χ2n) is 3.96. The van der Waals surface area contributed by atoms with Crippen molar-refractivity contribution in [3.63, 3.8) is 0 Å². The molecule has 0 aliphatic rings. The Hall–Kier alpha value is -0.0800. The smallest absolute Gasteiger partial charge is 0.0878 e. The number of methoxy groups -OCH3 is 2. The molecule has 2 nitrogen and oxygen atoms in total. The molecule has 0 amide bonds. The fourth-order valence-corrected chi connectivity index (χ4v) is 1.37. The van der Waals surface area contributed by atoms with Gasteiger partial charge in [-0.2, -0.15) is 0 Å². The quantitative estimate of drug-likeness (QED) is 0.629. The van der Waals surface area contributed by atoms with Crippen LogP contribution in [0.15, 0.2) is 0 Å². The fraction of sp³-hybridized carbons (Fsp3) is 1.00. The van der Waals surface area contributed by atoms with Gasteiger partial charge in [0.2, 0.25) is 0 Å². The van der Waals surface area contributed by atoms with Gasteiger partial charge < -0.3 is 9.47 Å². The summed E-state index contributed by atoms with van der Waals surface area (Å²) in [5.41, 5.74) is 0.143. The van der Waals surface area contributed by atoms with Gasteiger partial charge in [0.25, 0.3) is 0 Å². The molecule has 0 radical (unpaired) electrons. The number of rotatable bonds is 3. The van der Waals surface area contributed by atoms with Crippen molar-refractivity contribution >= 4 is 0 Å². The molecule has 0 bridgehead atoms. The molecule has 0 heterocycles. The molecule has 0 N–H and O–H groups in total. The highest BCUT2D eigenvalue weighted by Gasteiger charge is 2.29. The molecule has 0 fully saturated rings. The van der Waals surface area contributed by atoms with Gasteiger partial charge in [-0.1, -0.05) is 20.8 Å². The van der Waals surface area contributed by atoms with Gasteiger partial charge >= 0.3 is 0 Å². The third-order valence-electron chi connectivity index (χ3n) is 1.91. The van der Waals surface area contributed by atoms with Gasteiger partial charge in [0, 0.05) is 14.2 Å². The second kappa shape index (κ2) is 4.07. The minimum atomic E-state index is 0.143. The van der Waals surface area contributed by atoms with E-state index in [-0.39, 0.29) is 17.6 Å². The summed E-state index contributed by atoms with van der Waals surface area (Å²) in [6, 6.07) is 0. The SMILES string of the molecule is CO[C@@H](C)[C@@H](OC)C(C)(C)C. The van der Waals surface area contributed by atoms with Crippen molar-refractivity contribution in [1.29, 1.82) is 0 Å². The first-order valence-electron chi connectivity index (χ1n) is 3.99. The standard InChI is InChI=1S/C9H20O2/c1-7(10-5)8(11-6)9(2,3)4/h7-8H,1-6H3/t7-,8+/m0/s1. The van der Waals surface area contributed by atoms with Gasteiger partial charge in [-0.05, 0) is 12.3 Å². The van der Waals surface area contributed by atoms with Crippen LogP contribution in [0.25, 0.3) is 0 Å². The Morgan fingerprint density at radius 3 is 1.55 bits per heavy atom. The maximum Gasteiger partial charge on any atom is 0.0878 e. The van der Waals surface area contributed by atoms with Gasteiger partial charge in [0.1, 0.15) is 0 Å². The molecule has 68 valence electrons. The molecule has 0 aromatic heterocycles. The van der Waals surface area contributed by atoms with Crippen molar-refractivity contribution in [2.75, 3.05) is 14.2 Å². The van der Waals surface area contributed by atoms with E-state index < -0.39 is 0 Å². The van der Waals surface area contributed by atoms with Crippen LogP contribution in [-0.2, 0) is 9.47 Å². The maximum absolute atomic E-state index is 5.34. The molecule has 0 unspecified atom stereocenters. The Kier molecular flexibility index (Phi) is 4.04. The summed E-state index contributed by atoms with van der Waals surface area (Å²) < 4.78 is 10.5. The maximum atomic E-state index is 5.34. The Labute approximate surface area is 69.9 Å². The lowest BCUT2D eigenvalue weighted by molar-refractivity contribution is -0.0788. The van der Waals surface area contributed by atoms with Crippen molar-refractivity contribution in [1.82, 2.24) is 0 Å². The van der Waals surface area contributed by atoms with Crippen LogP contribution >= 0.6 is 0 Å². The Morgan fingerprint density at radius 1 is 1.00 bits per heavy atom. The van der Waals surface area contributed by atoms with E-state index in [0.717, 1.165) is 0 Å². The minimum Gasteiger partial charge on any atom is -0.379 e. The Balaban J connectivity index is 4.16. The molecule has 2 atom stereocenters. The van der Waals surface area contributed by atoms with E-state index in [1.54, 1.807) is 14.2 Å². The number of hydrogen-bond acceptors (Lipinski definition) is 2. The van der Waals surface area contributed by atoms with E-state index >= 15 is 0 Å². The van der Waals surface area contributed by atoms with Gasteiger partial charge in [-0.25, -0.2) is 0 Å². The van der Waals surface area contributed by atoms with Crippen LogP contribution < -0.4 is 0 Å². The van der Waals surface area contributed by atoms with E-state index in [4.69, 9.17) is 9.47 Å². The van der Waals surface area contributed by atoms with Crippen molar-refractivity contribution < 1.29 is 9.47 Å². The average Bonchev–Trinajstić information content (AvgIpc) is 1.86.